The van der Waals surface area contributed by atoms with Gasteiger partial charge in [0.05, 0.1) is 11.4 Å². The average Bonchev–Trinajstić information content (AvgIpc) is 2.34. The third-order valence-corrected chi connectivity index (χ3v) is 3.32. The summed E-state index contributed by atoms with van der Waals surface area (Å²) in [6.45, 7) is 2.01. The van der Waals surface area contributed by atoms with Crippen LogP contribution in [-0.2, 0) is 6.42 Å². The van der Waals surface area contributed by atoms with E-state index in [2.05, 4.69) is 15.9 Å². The highest BCUT2D eigenvalue weighted by atomic mass is 79.9. The van der Waals surface area contributed by atoms with Gasteiger partial charge in [0.15, 0.2) is 0 Å². The summed E-state index contributed by atoms with van der Waals surface area (Å²) in [7, 11) is 0. The molecule has 0 fully saturated rings. The van der Waals surface area contributed by atoms with E-state index >= 15 is 0 Å². The summed E-state index contributed by atoms with van der Waals surface area (Å²) in [6, 6.07) is 11.2. The van der Waals surface area contributed by atoms with Crippen molar-refractivity contribution in [1.29, 1.82) is 0 Å². The molecule has 17 heavy (non-hydrogen) atoms. The van der Waals surface area contributed by atoms with Crippen LogP contribution in [0.15, 0.2) is 45.7 Å². The number of pyridine rings is 1. The van der Waals surface area contributed by atoms with Crippen molar-refractivity contribution in [2.75, 3.05) is 5.73 Å². The van der Waals surface area contributed by atoms with Gasteiger partial charge in [0.1, 0.15) is 0 Å². The van der Waals surface area contributed by atoms with Gasteiger partial charge < -0.3 is 5.73 Å². The Morgan fingerprint density at radius 3 is 2.59 bits per heavy atom. The lowest BCUT2D eigenvalue weighted by molar-refractivity contribution is 0.876. The number of nitrogens with two attached hydrogens (primary N) is 1. The number of aromatic nitrogens is 1. The first-order chi connectivity index (χ1) is 8.15. The van der Waals surface area contributed by atoms with E-state index in [9.17, 15) is 4.79 Å². The van der Waals surface area contributed by atoms with E-state index < -0.39 is 0 Å². The van der Waals surface area contributed by atoms with Gasteiger partial charge in [-0.3, -0.25) is 9.36 Å². The molecule has 0 radical (unpaired) electrons. The molecule has 0 spiro atoms. The van der Waals surface area contributed by atoms with Gasteiger partial charge in [-0.15, -0.1) is 0 Å². The van der Waals surface area contributed by atoms with Gasteiger partial charge in [-0.05, 0) is 46.6 Å². The molecule has 0 aliphatic heterocycles. The molecule has 1 aromatic heterocycles. The molecule has 2 aromatic rings. The van der Waals surface area contributed by atoms with Crippen LogP contribution in [0.5, 0.6) is 0 Å². The number of halogens is 1. The predicted molar refractivity (Wildman–Crippen MR) is 73.5 cm³/mol. The van der Waals surface area contributed by atoms with Gasteiger partial charge >= 0.3 is 0 Å². The monoisotopic (exact) mass is 292 g/mol. The second-order valence-corrected chi connectivity index (χ2v) is 4.58. The van der Waals surface area contributed by atoms with Gasteiger partial charge in [-0.1, -0.05) is 19.1 Å². The van der Waals surface area contributed by atoms with Crippen molar-refractivity contribution in [2.24, 2.45) is 0 Å². The number of anilines is 1. The lowest BCUT2D eigenvalue weighted by Crippen LogP contribution is -2.24. The molecule has 0 atom stereocenters. The van der Waals surface area contributed by atoms with Crippen molar-refractivity contribution in [2.45, 2.75) is 13.3 Å². The van der Waals surface area contributed by atoms with E-state index in [4.69, 9.17) is 5.73 Å². The topological polar surface area (TPSA) is 48.0 Å². The first kappa shape index (κ1) is 11.9. The van der Waals surface area contributed by atoms with Crippen LogP contribution in [0.1, 0.15) is 12.6 Å². The zero-order valence-corrected chi connectivity index (χ0v) is 11.1. The molecule has 0 aliphatic carbocycles. The second kappa shape index (κ2) is 4.75. The summed E-state index contributed by atoms with van der Waals surface area (Å²) >= 11 is 3.45. The van der Waals surface area contributed by atoms with Crippen LogP contribution in [0.3, 0.4) is 0 Å². The molecule has 1 aromatic carbocycles. The van der Waals surface area contributed by atoms with Crippen molar-refractivity contribution >= 4 is 21.6 Å². The van der Waals surface area contributed by atoms with E-state index in [1.807, 2.05) is 37.3 Å². The maximum atomic E-state index is 12.1. The Morgan fingerprint density at radius 1 is 1.24 bits per heavy atom. The largest absolute Gasteiger partial charge is 0.394 e. The smallest absolute Gasteiger partial charge is 0.278 e. The van der Waals surface area contributed by atoms with Gasteiger partial charge in [0, 0.05) is 10.2 Å². The minimum Gasteiger partial charge on any atom is -0.394 e. The highest BCUT2D eigenvalue weighted by Crippen LogP contribution is 2.21. The van der Waals surface area contributed by atoms with Crippen molar-refractivity contribution < 1.29 is 0 Å². The molecule has 2 rings (SSSR count). The highest BCUT2D eigenvalue weighted by Gasteiger charge is 2.09. The van der Waals surface area contributed by atoms with Crippen molar-refractivity contribution in [1.82, 2.24) is 4.57 Å². The summed E-state index contributed by atoms with van der Waals surface area (Å²) in [5.41, 5.74) is 7.54. The average molecular weight is 293 g/mol. The summed E-state index contributed by atoms with van der Waals surface area (Å²) < 4.78 is 2.53. The van der Waals surface area contributed by atoms with Gasteiger partial charge in [-0.25, -0.2) is 0 Å². The van der Waals surface area contributed by atoms with E-state index in [0.717, 1.165) is 22.3 Å². The number of hydrogen-bond acceptors (Lipinski definition) is 2. The van der Waals surface area contributed by atoms with Crippen LogP contribution < -0.4 is 11.3 Å². The standard InChI is InChI=1S/C13H13BrN2O/c1-2-9-7-8-11(15)13(17)16(9)12-6-4-3-5-10(12)14/h3-8H,2,15H2,1H3. The number of aryl methyl sites for hydroxylation is 1. The van der Waals surface area contributed by atoms with Crippen molar-refractivity contribution in [3.63, 3.8) is 0 Å². The molecule has 4 heteroatoms. The molecule has 0 saturated carbocycles. The van der Waals surface area contributed by atoms with E-state index in [-0.39, 0.29) is 11.2 Å². The molecule has 0 aliphatic rings. The molecule has 0 unspecified atom stereocenters. The van der Waals surface area contributed by atoms with Gasteiger partial charge in [-0.2, -0.15) is 0 Å². The van der Waals surface area contributed by atoms with Gasteiger partial charge in [0.2, 0.25) is 0 Å². The normalized spacial score (nSPS) is 10.5. The van der Waals surface area contributed by atoms with Crippen molar-refractivity contribution in [3.8, 4) is 5.69 Å². The molecular formula is C13H13BrN2O. The Hall–Kier alpha value is -1.55. The number of benzene rings is 1. The van der Waals surface area contributed by atoms with E-state index in [0.29, 0.717) is 0 Å². The fourth-order valence-electron chi connectivity index (χ4n) is 1.76. The fourth-order valence-corrected chi connectivity index (χ4v) is 2.23. The number of nitrogens with zero attached hydrogens (tertiary/aromatic N) is 1. The molecule has 0 amide bonds. The zero-order valence-electron chi connectivity index (χ0n) is 9.48. The van der Waals surface area contributed by atoms with Crippen LogP contribution in [0, 0.1) is 0 Å². The minimum atomic E-state index is -0.170. The van der Waals surface area contributed by atoms with Crippen LogP contribution in [0.2, 0.25) is 0 Å². The summed E-state index contributed by atoms with van der Waals surface area (Å²) in [5.74, 6) is 0. The summed E-state index contributed by atoms with van der Waals surface area (Å²) in [4.78, 5) is 12.1. The lowest BCUT2D eigenvalue weighted by atomic mass is 10.2. The second-order valence-electron chi connectivity index (χ2n) is 3.73. The van der Waals surface area contributed by atoms with E-state index in [1.54, 1.807) is 10.6 Å². The number of rotatable bonds is 2. The fraction of sp³-hybridized carbons (Fsp3) is 0.154. The Bertz CT molecular complexity index is 605. The number of para-hydroxylation sites is 1. The maximum Gasteiger partial charge on any atom is 0.278 e. The van der Waals surface area contributed by atoms with Crippen LogP contribution in [0.25, 0.3) is 5.69 Å². The SMILES string of the molecule is CCc1ccc(N)c(=O)n1-c1ccccc1Br. The third kappa shape index (κ3) is 2.13. The van der Waals surface area contributed by atoms with Crippen molar-refractivity contribution in [3.05, 3.63) is 56.9 Å². The predicted octanol–water partition coefficient (Wildman–Crippen LogP) is 2.74. The lowest BCUT2D eigenvalue weighted by Gasteiger charge is -2.13. The number of nitrogen functional groups attached to an aromatic ring is 1. The molecule has 2 N–H and O–H groups in total. The van der Waals surface area contributed by atoms with Crippen LogP contribution >= 0.6 is 15.9 Å². The Morgan fingerprint density at radius 2 is 1.94 bits per heavy atom. The molecule has 0 saturated heterocycles. The highest BCUT2D eigenvalue weighted by molar-refractivity contribution is 9.10. The number of hydrogen-bond donors (Lipinski definition) is 1. The summed E-state index contributed by atoms with van der Waals surface area (Å²) in [6.07, 6.45) is 0.775. The molecule has 88 valence electrons. The quantitative estimate of drug-likeness (QED) is 0.925. The first-order valence-electron chi connectivity index (χ1n) is 5.40. The van der Waals surface area contributed by atoms with Crippen LogP contribution in [-0.4, -0.2) is 4.57 Å². The first-order valence-corrected chi connectivity index (χ1v) is 6.19. The Kier molecular flexibility index (Phi) is 3.33. The van der Waals surface area contributed by atoms with E-state index in [1.165, 1.54) is 0 Å². The molecular weight excluding hydrogens is 280 g/mol. The zero-order chi connectivity index (χ0) is 12.4. The van der Waals surface area contributed by atoms with Gasteiger partial charge in [0.25, 0.3) is 5.56 Å². The maximum absolute atomic E-state index is 12.1. The molecule has 0 bridgehead atoms. The summed E-state index contributed by atoms with van der Waals surface area (Å²) in [5, 5.41) is 0. The minimum absolute atomic E-state index is 0.170. The molecule has 1 heterocycles. The Balaban J connectivity index is 2.79. The Labute approximate surface area is 108 Å². The van der Waals surface area contributed by atoms with Crippen LogP contribution in [0.4, 0.5) is 5.69 Å². The molecule has 3 nitrogen and oxygen atoms in total. The third-order valence-electron chi connectivity index (χ3n) is 2.65.